The van der Waals surface area contributed by atoms with E-state index in [0.29, 0.717) is 12.5 Å². The first-order valence-corrected chi connectivity index (χ1v) is 5.76. The van der Waals surface area contributed by atoms with Crippen molar-refractivity contribution in [1.82, 2.24) is 0 Å². The number of carbonyl (C=O) groups excluding carboxylic acids is 1. The third-order valence-corrected chi connectivity index (χ3v) is 2.87. The molecule has 88 valence electrons. The maximum Gasteiger partial charge on any atom is 0.508 e. The van der Waals surface area contributed by atoms with Crippen LogP contribution in [0.2, 0.25) is 0 Å². The van der Waals surface area contributed by atoms with Gasteiger partial charge in [-0.1, -0.05) is 20.8 Å². The zero-order chi connectivity index (χ0) is 11.5. The van der Waals surface area contributed by atoms with E-state index >= 15 is 0 Å². The summed E-state index contributed by atoms with van der Waals surface area (Å²) < 4.78 is 10.1. The van der Waals surface area contributed by atoms with Crippen molar-refractivity contribution in [3.8, 4) is 0 Å². The number of hydrogen-bond donors (Lipinski definition) is 0. The lowest BCUT2D eigenvalue weighted by Gasteiger charge is -2.38. The van der Waals surface area contributed by atoms with Gasteiger partial charge in [0, 0.05) is 0 Å². The largest absolute Gasteiger partial charge is 0.508 e. The van der Waals surface area contributed by atoms with E-state index < -0.39 is 6.16 Å². The molecule has 0 aromatic carbocycles. The van der Waals surface area contributed by atoms with Crippen molar-refractivity contribution < 1.29 is 14.3 Å². The Morgan fingerprint density at radius 2 is 2.07 bits per heavy atom. The maximum absolute atomic E-state index is 11.2. The van der Waals surface area contributed by atoms with Crippen LogP contribution in [0.25, 0.3) is 0 Å². The van der Waals surface area contributed by atoms with E-state index in [1.165, 1.54) is 6.42 Å². The molecule has 0 aliphatic heterocycles. The molecule has 0 aromatic heterocycles. The van der Waals surface area contributed by atoms with Gasteiger partial charge >= 0.3 is 6.16 Å². The van der Waals surface area contributed by atoms with Gasteiger partial charge in [0.05, 0.1) is 6.61 Å². The van der Waals surface area contributed by atoms with Crippen LogP contribution >= 0.6 is 0 Å². The first kappa shape index (κ1) is 12.3. The summed E-state index contributed by atoms with van der Waals surface area (Å²) in [6, 6.07) is 0. The summed E-state index contributed by atoms with van der Waals surface area (Å²) in [7, 11) is 0. The van der Waals surface area contributed by atoms with Crippen LogP contribution in [-0.2, 0) is 9.47 Å². The lowest BCUT2D eigenvalue weighted by Crippen LogP contribution is -2.34. The van der Waals surface area contributed by atoms with Crippen molar-refractivity contribution in [2.24, 2.45) is 11.3 Å². The number of ether oxygens (including phenoxy) is 2. The molecule has 3 heteroatoms. The average molecular weight is 214 g/mol. The summed E-state index contributed by atoms with van der Waals surface area (Å²) >= 11 is 0. The van der Waals surface area contributed by atoms with Crippen LogP contribution in [0, 0.1) is 11.3 Å². The summed E-state index contributed by atoms with van der Waals surface area (Å²) in [4.78, 5) is 11.2. The van der Waals surface area contributed by atoms with Gasteiger partial charge in [-0.15, -0.1) is 0 Å². The minimum atomic E-state index is -0.521. The summed E-state index contributed by atoms with van der Waals surface area (Å²) in [6.07, 6.45) is 2.61. The van der Waals surface area contributed by atoms with Crippen molar-refractivity contribution >= 4 is 6.16 Å². The first-order chi connectivity index (χ1) is 6.93. The molecule has 2 atom stereocenters. The van der Waals surface area contributed by atoms with E-state index in [-0.39, 0.29) is 11.5 Å². The van der Waals surface area contributed by atoms with Gasteiger partial charge in [-0.25, -0.2) is 4.79 Å². The minimum Gasteiger partial charge on any atom is -0.435 e. The van der Waals surface area contributed by atoms with E-state index in [9.17, 15) is 4.79 Å². The Balaban J connectivity index is 2.45. The Morgan fingerprint density at radius 3 is 2.60 bits per heavy atom. The van der Waals surface area contributed by atoms with Gasteiger partial charge in [0.2, 0.25) is 0 Å². The Hall–Kier alpha value is -0.730. The minimum absolute atomic E-state index is 0.0304. The Labute approximate surface area is 92.1 Å². The molecular formula is C12H22O3. The highest BCUT2D eigenvalue weighted by atomic mass is 16.7. The van der Waals surface area contributed by atoms with Crippen molar-refractivity contribution in [3.05, 3.63) is 0 Å². The smallest absolute Gasteiger partial charge is 0.435 e. The molecule has 1 fully saturated rings. The fourth-order valence-electron chi connectivity index (χ4n) is 2.64. The van der Waals surface area contributed by atoms with Crippen LogP contribution in [-0.4, -0.2) is 18.9 Å². The molecule has 1 saturated carbocycles. The SMILES string of the molecule is CCOC(=O)O[C@@H]1C[C@@H](C)CC(C)(C)C1. The molecule has 0 bridgehead atoms. The summed E-state index contributed by atoms with van der Waals surface area (Å²) in [6.45, 7) is 8.83. The second-order valence-corrected chi connectivity index (χ2v) is 5.34. The van der Waals surface area contributed by atoms with Crippen LogP contribution in [0.1, 0.15) is 47.0 Å². The van der Waals surface area contributed by atoms with Crippen molar-refractivity contribution in [1.29, 1.82) is 0 Å². The van der Waals surface area contributed by atoms with Crippen molar-refractivity contribution in [3.63, 3.8) is 0 Å². The van der Waals surface area contributed by atoms with Crippen molar-refractivity contribution in [2.45, 2.75) is 53.1 Å². The molecule has 3 nitrogen and oxygen atoms in total. The monoisotopic (exact) mass is 214 g/mol. The Kier molecular flexibility index (Phi) is 4.00. The van der Waals surface area contributed by atoms with Crippen molar-refractivity contribution in [2.75, 3.05) is 6.61 Å². The zero-order valence-electron chi connectivity index (χ0n) is 10.2. The van der Waals surface area contributed by atoms with Gasteiger partial charge in [-0.2, -0.15) is 0 Å². The van der Waals surface area contributed by atoms with Gasteiger partial charge in [0.15, 0.2) is 0 Å². The van der Waals surface area contributed by atoms with E-state index in [1.807, 2.05) is 0 Å². The van der Waals surface area contributed by atoms with E-state index in [1.54, 1.807) is 6.92 Å². The van der Waals surface area contributed by atoms with Gasteiger partial charge in [-0.05, 0) is 37.5 Å². The fraction of sp³-hybridized carbons (Fsp3) is 0.917. The first-order valence-electron chi connectivity index (χ1n) is 5.76. The molecular weight excluding hydrogens is 192 g/mol. The standard InChI is InChI=1S/C12H22O3/c1-5-14-11(13)15-10-6-9(2)7-12(3,4)8-10/h9-10H,5-8H2,1-4H3/t9-,10-/m1/s1. The quantitative estimate of drug-likeness (QED) is 0.661. The molecule has 0 unspecified atom stereocenters. The van der Waals surface area contributed by atoms with Gasteiger partial charge < -0.3 is 9.47 Å². The third kappa shape index (κ3) is 4.10. The second kappa shape index (κ2) is 4.86. The Bertz CT molecular complexity index is 223. The highest BCUT2D eigenvalue weighted by Gasteiger charge is 2.34. The summed E-state index contributed by atoms with van der Waals surface area (Å²) in [5.41, 5.74) is 0.273. The third-order valence-electron chi connectivity index (χ3n) is 2.87. The lowest BCUT2D eigenvalue weighted by atomic mass is 9.71. The maximum atomic E-state index is 11.2. The molecule has 0 amide bonds. The zero-order valence-corrected chi connectivity index (χ0v) is 10.2. The van der Waals surface area contributed by atoms with Gasteiger partial charge in [0.1, 0.15) is 6.10 Å². The van der Waals surface area contributed by atoms with E-state index in [4.69, 9.17) is 9.47 Å². The summed E-state index contributed by atoms with van der Waals surface area (Å²) in [5.74, 6) is 0.619. The predicted molar refractivity (Wildman–Crippen MR) is 58.7 cm³/mol. The second-order valence-electron chi connectivity index (χ2n) is 5.34. The molecule has 0 spiro atoms. The molecule has 0 radical (unpaired) electrons. The number of rotatable bonds is 2. The van der Waals surface area contributed by atoms with Crippen LogP contribution in [0.5, 0.6) is 0 Å². The normalized spacial score (nSPS) is 29.6. The van der Waals surface area contributed by atoms with E-state index in [0.717, 1.165) is 12.8 Å². The van der Waals surface area contributed by atoms with Crippen LogP contribution < -0.4 is 0 Å². The highest BCUT2D eigenvalue weighted by Crippen LogP contribution is 2.39. The van der Waals surface area contributed by atoms with Gasteiger partial charge in [0.25, 0.3) is 0 Å². The van der Waals surface area contributed by atoms with E-state index in [2.05, 4.69) is 20.8 Å². The molecule has 0 heterocycles. The van der Waals surface area contributed by atoms with Crippen LogP contribution in [0.15, 0.2) is 0 Å². The molecule has 15 heavy (non-hydrogen) atoms. The average Bonchev–Trinajstić information content (AvgIpc) is 1.99. The fourth-order valence-corrected chi connectivity index (χ4v) is 2.64. The molecule has 1 aliphatic rings. The highest BCUT2D eigenvalue weighted by molar-refractivity contribution is 5.60. The molecule has 1 aliphatic carbocycles. The lowest BCUT2D eigenvalue weighted by molar-refractivity contribution is -0.0187. The summed E-state index contributed by atoms with van der Waals surface area (Å²) in [5, 5.41) is 0. The van der Waals surface area contributed by atoms with Crippen LogP contribution in [0.4, 0.5) is 4.79 Å². The van der Waals surface area contributed by atoms with Gasteiger partial charge in [-0.3, -0.25) is 0 Å². The topological polar surface area (TPSA) is 35.5 Å². The van der Waals surface area contributed by atoms with Crippen LogP contribution in [0.3, 0.4) is 0 Å². The Morgan fingerprint density at radius 1 is 1.40 bits per heavy atom. The predicted octanol–water partition coefficient (Wildman–Crippen LogP) is 3.37. The number of hydrogen-bond acceptors (Lipinski definition) is 3. The molecule has 0 N–H and O–H groups in total. The molecule has 0 aromatic rings. The number of carbonyl (C=O) groups is 1. The molecule has 1 rings (SSSR count). The molecule has 0 saturated heterocycles.